The van der Waals surface area contributed by atoms with Gasteiger partial charge in [0.1, 0.15) is 11.3 Å². The topological polar surface area (TPSA) is 143 Å². The van der Waals surface area contributed by atoms with Gasteiger partial charge in [0, 0.05) is 11.1 Å². The molecular weight excluding hydrogens is 831 g/mol. The van der Waals surface area contributed by atoms with Gasteiger partial charge in [0.15, 0.2) is 23.0 Å². The smallest absolute Gasteiger partial charge is 0.228 e. The fourth-order valence-electron chi connectivity index (χ4n) is 5.39. The number of halogens is 2. The molecule has 0 aliphatic rings. The number of thioether (sulfide) groups is 1. The van der Waals surface area contributed by atoms with E-state index in [0.29, 0.717) is 64.5 Å². The quantitative estimate of drug-likeness (QED) is 0.0711. The normalized spacial score (nSPS) is 10.3. The van der Waals surface area contributed by atoms with Gasteiger partial charge in [-0.05, 0) is 66.0 Å². The first kappa shape index (κ1) is 42.1. The molecule has 16 heteroatoms. The van der Waals surface area contributed by atoms with E-state index in [2.05, 4.69) is 32.6 Å². The predicted octanol–water partition coefficient (Wildman–Crippen LogP) is 7.30. The van der Waals surface area contributed by atoms with Gasteiger partial charge < -0.3 is 42.6 Å². The van der Waals surface area contributed by atoms with Crippen LogP contribution < -0.4 is 42.6 Å². The highest BCUT2D eigenvalue weighted by Gasteiger charge is 2.31. The van der Waals surface area contributed by atoms with E-state index < -0.39 is 0 Å². The maximum absolute atomic E-state index is 13.5. The van der Waals surface area contributed by atoms with E-state index in [-0.39, 0.29) is 46.0 Å². The number of aromatic nitrogens is 2. The van der Waals surface area contributed by atoms with Crippen molar-refractivity contribution < 1.29 is 52.2 Å². The average molecular weight is 871 g/mol. The number of carbonyl (C=O) groups excluding carboxylic acids is 2. The summed E-state index contributed by atoms with van der Waals surface area (Å²) in [6.45, 7) is 3.58. The highest BCUT2D eigenvalue weighted by atomic mass is 127. The first-order valence-corrected chi connectivity index (χ1v) is 17.8. The van der Waals surface area contributed by atoms with Crippen LogP contribution >= 0.6 is 46.0 Å². The van der Waals surface area contributed by atoms with Crippen molar-refractivity contribution in [2.45, 2.75) is 18.7 Å². The fraction of sp³-hybridized carbons (Fsp3) is 0.333. The molecule has 0 saturated carbocycles. The Balaban J connectivity index is 0.000000280. The summed E-state index contributed by atoms with van der Waals surface area (Å²) in [5, 5.41) is 0.374. The Labute approximate surface area is 325 Å². The molecule has 2 aromatic carbocycles. The molecule has 2 aromatic heterocycles. The summed E-state index contributed by atoms with van der Waals surface area (Å²) in [6.07, 6.45) is 4.87. The summed E-state index contributed by atoms with van der Waals surface area (Å²) < 4.78 is 49.1. The molecule has 0 fully saturated rings. The monoisotopic (exact) mass is 870 g/mol. The van der Waals surface area contributed by atoms with Crippen LogP contribution in [0.25, 0.3) is 0 Å². The minimum absolute atomic E-state index is 0.170. The zero-order chi connectivity index (χ0) is 38.9. The largest absolute Gasteiger partial charge is 0.495 e. The maximum Gasteiger partial charge on any atom is 0.228 e. The SMILES string of the molecule is COc1cc(C)c(C(=O)c2c(OC)ncc(Cl)c2SC)c(OC)c1OC.COc1cc(C)c(C(=O)c2c(OC)ncc(I)c2OC)c(OC)c1OC. The Morgan fingerprint density at radius 2 is 0.981 bits per heavy atom. The van der Waals surface area contributed by atoms with Crippen molar-refractivity contribution in [1.29, 1.82) is 0 Å². The number of pyridine rings is 2. The molecular formula is C36H40ClIN2O11S. The molecule has 0 atom stereocenters. The summed E-state index contributed by atoms with van der Waals surface area (Å²) in [5.41, 5.74) is 2.48. The Morgan fingerprint density at radius 1 is 0.577 bits per heavy atom. The Morgan fingerprint density at radius 3 is 1.37 bits per heavy atom. The average Bonchev–Trinajstić information content (AvgIpc) is 3.15. The standard InChI is InChI=1S/C18H20ClNO5S.C18H20INO6/c1-9-7-11(22-2)15(23-3)16(24-4)12(9)14(21)13-17(26-6)10(19)8-20-18(13)25-5;1-9-7-11(22-2)16(24-4)17(25-5)12(9)14(21)13-15(23-3)10(19)8-20-18(13)26-6/h2*7-8H,1-6H3. The third-order valence-corrected chi connectivity index (χ3v) is 9.66. The number of aryl methyl sites for hydroxylation is 2. The molecule has 0 unspecified atom stereocenters. The van der Waals surface area contributed by atoms with Crippen LogP contribution in [0.5, 0.6) is 52.0 Å². The van der Waals surface area contributed by atoms with E-state index in [1.54, 1.807) is 32.2 Å². The van der Waals surface area contributed by atoms with Crippen molar-refractivity contribution in [3.63, 3.8) is 0 Å². The van der Waals surface area contributed by atoms with E-state index in [4.69, 9.17) is 54.2 Å². The van der Waals surface area contributed by atoms with E-state index in [9.17, 15) is 9.59 Å². The molecule has 2 heterocycles. The van der Waals surface area contributed by atoms with Gasteiger partial charge in [0.2, 0.25) is 34.8 Å². The highest BCUT2D eigenvalue weighted by Crippen LogP contribution is 2.46. The fourth-order valence-corrected chi connectivity index (χ4v) is 7.03. The van der Waals surface area contributed by atoms with E-state index in [1.165, 1.54) is 81.9 Å². The molecule has 52 heavy (non-hydrogen) atoms. The summed E-state index contributed by atoms with van der Waals surface area (Å²) in [6, 6.07) is 3.44. The van der Waals surface area contributed by atoms with Gasteiger partial charge in [-0.3, -0.25) is 9.59 Å². The van der Waals surface area contributed by atoms with E-state index >= 15 is 0 Å². The number of hydrogen-bond donors (Lipinski definition) is 0. The highest BCUT2D eigenvalue weighted by molar-refractivity contribution is 14.1. The van der Waals surface area contributed by atoms with Gasteiger partial charge in [-0.1, -0.05) is 11.6 Å². The first-order chi connectivity index (χ1) is 24.9. The van der Waals surface area contributed by atoms with Crippen LogP contribution in [0.15, 0.2) is 29.4 Å². The van der Waals surface area contributed by atoms with Gasteiger partial charge in [0.05, 0.1) is 95.5 Å². The molecule has 0 N–H and O–H groups in total. The van der Waals surface area contributed by atoms with Gasteiger partial charge in [0.25, 0.3) is 0 Å². The Bertz CT molecular complexity index is 1820. The zero-order valence-electron chi connectivity index (χ0n) is 30.9. The lowest BCUT2D eigenvalue weighted by Gasteiger charge is -2.19. The molecule has 0 amide bonds. The van der Waals surface area contributed by atoms with Crippen molar-refractivity contribution in [3.05, 3.63) is 66.5 Å². The number of ether oxygens (including phenoxy) is 9. The second-order valence-corrected chi connectivity index (χ2v) is 12.8. The number of methoxy groups -OCH3 is 9. The number of benzene rings is 2. The lowest BCUT2D eigenvalue weighted by Crippen LogP contribution is -2.13. The Kier molecular flexibility index (Phi) is 15.3. The van der Waals surface area contributed by atoms with Gasteiger partial charge in [-0.2, -0.15) is 0 Å². The lowest BCUT2D eigenvalue weighted by atomic mass is 9.97. The minimum Gasteiger partial charge on any atom is -0.495 e. The molecule has 0 spiro atoms. The molecule has 0 saturated heterocycles. The third kappa shape index (κ3) is 8.15. The number of ketones is 2. The number of hydrogen-bond acceptors (Lipinski definition) is 14. The third-order valence-electron chi connectivity index (χ3n) is 7.66. The Hall–Kier alpha value is -4.35. The number of carbonyl (C=O) groups is 2. The van der Waals surface area contributed by atoms with Crippen LogP contribution in [-0.4, -0.2) is 91.8 Å². The summed E-state index contributed by atoms with van der Waals surface area (Å²) in [4.78, 5) is 35.8. The van der Waals surface area contributed by atoms with Crippen molar-refractivity contribution in [3.8, 4) is 52.0 Å². The molecule has 280 valence electrons. The van der Waals surface area contributed by atoms with E-state index in [1.807, 2.05) is 6.26 Å². The van der Waals surface area contributed by atoms with Crippen LogP contribution in [0.1, 0.15) is 43.0 Å². The molecule has 0 bridgehead atoms. The van der Waals surface area contributed by atoms with Crippen molar-refractivity contribution in [2.24, 2.45) is 0 Å². The second kappa shape index (κ2) is 18.9. The molecule has 0 radical (unpaired) electrons. The van der Waals surface area contributed by atoms with Crippen LogP contribution in [0.2, 0.25) is 5.02 Å². The zero-order valence-corrected chi connectivity index (χ0v) is 34.6. The van der Waals surface area contributed by atoms with Crippen molar-refractivity contribution in [1.82, 2.24) is 9.97 Å². The second-order valence-electron chi connectivity index (χ2n) is 10.4. The van der Waals surface area contributed by atoms with Crippen LogP contribution in [-0.2, 0) is 0 Å². The van der Waals surface area contributed by atoms with Gasteiger partial charge in [-0.15, -0.1) is 11.8 Å². The first-order valence-electron chi connectivity index (χ1n) is 15.1. The van der Waals surface area contributed by atoms with Crippen LogP contribution in [0.3, 0.4) is 0 Å². The summed E-state index contributed by atoms with van der Waals surface area (Å²) in [7, 11) is 13.3. The molecule has 4 rings (SSSR count). The minimum atomic E-state index is -0.347. The van der Waals surface area contributed by atoms with Gasteiger partial charge in [-0.25, -0.2) is 9.97 Å². The molecule has 13 nitrogen and oxygen atoms in total. The van der Waals surface area contributed by atoms with Crippen molar-refractivity contribution in [2.75, 3.05) is 70.2 Å². The molecule has 0 aliphatic heterocycles. The van der Waals surface area contributed by atoms with E-state index in [0.717, 1.165) is 0 Å². The van der Waals surface area contributed by atoms with Crippen LogP contribution in [0, 0.1) is 17.4 Å². The molecule has 0 aliphatic carbocycles. The maximum atomic E-state index is 13.5. The summed E-state index contributed by atoms with van der Waals surface area (Å²) in [5.74, 6) is 2.25. The number of nitrogens with zero attached hydrogens (tertiary/aromatic N) is 2. The van der Waals surface area contributed by atoms with Gasteiger partial charge >= 0.3 is 0 Å². The lowest BCUT2D eigenvalue weighted by molar-refractivity contribution is 0.101. The van der Waals surface area contributed by atoms with Crippen LogP contribution in [0.4, 0.5) is 0 Å². The predicted molar refractivity (Wildman–Crippen MR) is 206 cm³/mol. The summed E-state index contributed by atoms with van der Waals surface area (Å²) >= 11 is 9.64. The molecule has 4 aromatic rings. The van der Waals surface area contributed by atoms with Crippen molar-refractivity contribution >= 4 is 57.5 Å². The number of rotatable bonds is 14.